The van der Waals surface area contributed by atoms with Gasteiger partial charge in [-0.2, -0.15) is 0 Å². The molecule has 0 saturated carbocycles. The fourth-order valence-electron chi connectivity index (χ4n) is 2.92. The minimum Gasteiger partial charge on any atom is -0.362 e. The average Bonchev–Trinajstić information content (AvgIpc) is 3.16. The van der Waals surface area contributed by atoms with Gasteiger partial charge in [-0.25, -0.2) is 0 Å². The molecule has 27 heavy (non-hydrogen) atoms. The zero-order valence-corrected chi connectivity index (χ0v) is 15.3. The Morgan fingerprint density at radius 3 is 2.56 bits per heavy atom. The van der Waals surface area contributed by atoms with Crippen LogP contribution in [0.2, 0.25) is 0 Å². The second kappa shape index (κ2) is 9.67. The molecule has 3 rings (SSSR count). The Bertz CT molecular complexity index is 865. The molecule has 1 aromatic heterocycles. The first kappa shape index (κ1) is 18.8. The lowest BCUT2D eigenvalue weighted by Crippen LogP contribution is -2.11. The van der Waals surface area contributed by atoms with Gasteiger partial charge in [-0.3, -0.25) is 4.68 Å². The number of benzene rings is 2. The molecule has 0 fully saturated rings. The van der Waals surface area contributed by atoms with Gasteiger partial charge in [-0.15, -0.1) is 11.5 Å². The van der Waals surface area contributed by atoms with E-state index in [4.69, 9.17) is 16.9 Å². The van der Waals surface area contributed by atoms with Crippen molar-refractivity contribution in [2.75, 3.05) is 6.61 Å². The van der Waals surface area contributed by atoms with Gasteiger partial charge in [-0.1, -0.05) is 65.7 Å². The van der Waals surface area contributed by atoms with E-state index in [2.05, 4.69) is 52.6 Å². The van der Waals surface area contributed by atoms with Gasteiger partial charge >= 0.3 is 0 Å². The van der Waals surface area contributed by atoms with Gasteiger partial charge in [0.2, 0.25) is 0 Å². The Morgan fingerprint density at radius 2 is 1.81 bits per heavy atom. The van der Waals surface area contributed by atoms with Crippen molar-refractivity contribution in [3.8, 4) is 12.3 Å². The predicted molar refractivity (Wildman–Crippen MR) is 106 cm³/mol. The molecular formula is C22H24N4O. The smallest absolute Gasteiger partial charge is 0.108 e. The Labute approximate surface area is 160 Å². The van der Waals surface area contributed by atoms with E-state index in [9.17, 15) is 0 Å². The van der Waals surface area contributed by atoms with Crippen LogP contribution in [0.4, 0.5) is 0 Å². The number of rotatable bonds is 9. The fraction of sp³-hybridized carbons (Fsp3) is 0.273. The molecule has 0 radical (unpaired) electrons. The second-order valence-electron chi connectivity index (χ2n) is 6.40. The maximum absolute atomic E-state index is 6.35. The van der Waals surface area contributed by atoms with Gasteiger partial charge in [-0.05, 0) is 29.5 Å². The molecule has 0 saturated heterocycles. The lowest BCUT2D eigenvalue weighted by atomic mass is 9.98. The van der Waals surface area contributed by atoms with Gasteiger partial charge in [0.1, 0.15) is 12.3 Å². The second-order valence-corrected chi connectivity index (χ2v) is 6.40. The molecule has 0 aliphatic heterocycles. The third-order valence-electron chi connectivity index (χ3n) is 4.37. The molecule has 3 aromatic rings. The van der Waals surface area contributed by atoms with Crippen LogP contribution in [0.5, 0.6) is 0 Å². The number of terminal acetylenes is 1. The largest absolute Gasteiger partial charge is 0.362 e. The van der Waals surface area contributed by atoms with Crippen LogP contribution < -0.4 is 5.73 Å². The van der Waals surface area contributed by atoms with E-state index < -0.39 is 0 Å². The SMILES string of the molecule is C#CCOCc1cn(CCCc2ccc([C@@H](N)c3ccccc3)cc2)nn1. The molecular weight excluding hydrogens is 336 g/mol. The highest BCUT2D eigenvalue weighted by atomic mass is 16.5. The third-order valence-corrected chi connectivity index (χ3v) is 4.37. The summed E-state index contributed by atoms with van der Waals surface area (Å²) in [5, 5.41) is 8.19. The summed E-state index contributed by atoms with van der Waals surface area (Å²) in [5.74, 6) is 2.43. The zero-order valence-electron chi connectivity index (χ0n) is 15.3. The van der Waals surface area contributed by atoms with Crippen molar-refractivity contribution in [2.24, 2.45) is 5.73 Å². The van der Waals surface area contributed by atoms with Crippen LogP contribution in [0.25, 0.3) is 0 Å². The average molecular weight is 360 g/mol. The summed E-state index contributed by atoms with van der Waals surface area (Å²) < 4.78 is 7.10. The maximum Gasteiger partial charge on any atom is 0.108 e. The number of hydrogen-bond acceptors (Lipinski definition) is 4. The molecule has 1 heterocycles. The van der Waals surface area contributed by atoms with Crippen LogP contribution in [0, 0.1) is 12.3 Å². The van der Waals surface area contributed by atoms with Crippen molar-refractivity contribution in [3.63, 3.8) is 0 Å². The minimum atomic E-state index is -0.0921. The van der Waals surface area contributed by atoms with Crippen LogP contribution in [0.15, 0.2) is 60.8 Å². The quantitative estimate of drug-likeness (QED) is 0.470. The molecule has 138 valence electrons. The molecule has 0 bridgehead atoms. The maximum atomic E-state index is 6.35. The highest BCUT2D eigenvalue weighted by Crippen LogP contribution is 2.20. The number of ether oxygens (including phenoxy) is 1. The van der Waals surface area contributed by atoms with Crippen molar-refractivity contribution < 1.29 is 4.74 Å². The summed E-state index contributed by atoms with van der Waals surface area (Å²) in [6, 6.07) is 18.6. The highest BCUT2D eigenvalue weighted by molar-refractivity contribution is 5.33. The summed E-state index contributed by atoms with van der Waals surface area (Å²) in [6.45, 7) is 1.50. The molecule has 5 nitrogen and oxygen atoms in total. The lowest BCUT2D eigenvalue weighted by molar-refractivity contribution is 0.150. The topological polar surface area (TPSA) is 66.0 Å². The summed E-state index contributed by atoms with van der Waals surface area (Å²) in [7, 11) is 0. The molecule has 0 amide bonds. The van der Waals surface area contributed by atoms with Crippen molar-refractivity contribution in [1.29, 1.82) is 0 Å². The number of nitrogens with two attached hydrogens (primary N) is 1. The summed E-state index contributed by atoms with van der Waals surface area (Å²) in [4.78, 5) is 0. The predicted octanol–water partition coefficient (Wildman–Crippen LogP) is 3.11. The van der Waals surface area contributed by atoms with Crippen LogP contribution in [0.1, 0.15) is 34.8 Å². The number of nitrogens with zero attached hydrogens (tertiary/aromatic N) is 3. The molecule has 0 spiro atoms. The van der Waals surface area contributed by atoms with E-state index in [-0.39, 0.29) is 12.6 Å². The van der Waals surface area contributed by atoms with E-state index in [1.54, 1.807) is 0 Å². The van der Waals surface area contributed by atoms with Crippen molar-refractivity contribution in [3.05, 3.63) is 83.2 Å². The van der Waals surface area contributed by atoms with Crippen molar-refractivity contribution >= 4 is 0 Å². The standard InChI is InChI=1S/C22H24N4O/c1-2-15-27-17-21-16-26(25-24-21)14-6-7-18-10-12-20(13-11-18)22(23)19-8-4-3-5-9-19/h1,3-5,8-13,16,22H,6-7,14-15,17,23H2/t22-/m0/s1. The van der Waals surface area contributed by atoms with Crippen LogP contribution in [0.3, 0.4) is 0 Å². The van der Waals surface area contributed by atoms with E-state index in [0.29, 0.717) is 6.61 Å². The zero-order chi connectivity index (χ0) is 18.9. The van der Waals surface area contributed by atoms with Gasteiger partial charge in [0, 0.05) is 6.54 Å². The third kappa shape index (κ3) is 5.52. The molecule has 0 aliphatic rings. The van der Waals surface area contributed by atoms with E-state index in [1.807, 2.05) is 29.1 Å². The first-order valence-corrected chi connectivity index (χ1v) is 9.06. The lowest BCUT2D eigenvalue weighted by Gasteiger charge is -2.13. The monoisotopic (exact) mass is 360 g/mol. The number of aromatic nitrogens is 3. The summed E-state index contributed by atoms with van der Waals surface area (Å²) in [5.41, 5.74) is 10.7. The molecule has 0 aliphatic carbocycles. The Morgan fingerprint density at radius 1 is 1.07 bits per heavy atom. The Hall–Kier alpha value is -2.94. The molecule has 5 heteroatoms. The molecule has 2 aromatic carbocycles. The highest BCUT2D eigenvalue weighted by Gasteiger charge is 2.08. The van der Waals surface area contributed by atoms with E-state index in [0.717, 1.165) is 36.2 Å². The van der Waals surface area contributed by atoms with E-state index >= 15 is 0 Å². The number of aryl methyl sites for hydroxylation is 2. The van der Waals surface area contributed by atoms with Gasteiger partial charge in [0.15, 0.2) is 0 Å². The van der Waals surface area contributed by atoms with Crippen LogP contribution >= 0.6 is 0 Å². The normalized spacial score (nSPS) is 11.9. The van der Waals surface area contributed by atoms with E-state index in [1.165, 1.54) is 5.56 Å². The van der Waals surface area contributed by atoms with Crippen molar-refractivity contribution in [1.82, 2.24) is 15.0 Å². The van der Waals surface area contributed by atoms with Crippen LogP contribution in [-0.4, -0.2) is 21.6 Å². The van der Waals surface area contributed by atoms with Crippen molar-refractivity contribution in [2.45, 2.75) is 32.0 Å². The van der Waals surface area contributed by atoms with Gasteiger partial charge in [0.05, 0.1) is 18.8 Å². The number of hydrogen-bond donors (Lipinski definition) is 1. The first-order valence-electron chi connectivity index (χ1n) is 9.06. The Balaban J connectivity index is 1.47. The Kier molecular flexibility index (Phi) is 6.75. The van der Waals surface area contributed by atoms with Gasteiger partial charge < -0.3 is 10.5 Å². The summed E-state index contributed by atoms with van der Waals surface area (Å²) in [6.07, 6.45) is 9.01. The fourth-order valence-corrected chi connectivity index (χ4v) is 2.92. The summed E-state index contributed by atoms with van der Waals surface area (Å²) >= 11 is 0. The van der Waals surface area contributed by atoms with Gasteiger partial charge in [0.25, 0.3) is 0 Å². The first-order chi connectivity index (χ1) is 13.3. The van der Waals surface area contributed by atoms with Crippen LogP contribution in [-0.2, 0) is 24.3 Å². The molecule has 2 N–H and O–H groups in total. The molecule has 0 unspecified atom stereocenters. The molecule has 1 atom stereocenters. The minimum absolute atomic E-state index is 0.0921.